The third kappa shape index (κ3) is 1.84. The van der Waals surface area contributed by atoms with Gasteiger partial charge in [0.1, 0.15) is 10.5 Å². The minimum absolute atomic E-state index is 0.330. The van der Waals surface area contributed by atoms with Crippen molar-refractivity contribution in [3.05, 3.63) is 40.8 Å². The summed E-state index contributed by atoms with van der Waals surface area (Å²) >= 11 is 1.29. The summed E-state index contributed by atoms with van der Waals surface area (Å²) in [6.07, 6.45) is 3.13. The molecule has 0 aliphatic carbocycles. The van der Waals surface area contributed by atoms with Crippen LogP contribution in [-0.4, -0.2) is 22.7 Å². The van der Waals surface area contributed by atoms with Gasteiger partial charge in [0.25, 0.3) is 10.0 Å². The average Bonchev–Trinajstić information content (AvgIpc) is 2.94. The second kappa shape index (κ2) is 4.11. The molecule has 3 heterocycles. The first-order valence-corrected chi connectivity index (χ1v) is 7.67. The number of hydrogen-bond donors (Lipinski definition) is 0. The number of aryl methyl sites for hydroxylation is 1. The molecule has 7 heteroatoms. The van der Waals surface area contributed by atoms with E-state index in [9.17, 15) is 8.42 Å². The van der Waals surface area contributed by atoms with Gasteiger partial charge in [0, 0.05) is 23.2 Å². The number of rotatable bonds is 2. The second-order valence-electron chi connectivity index (χ2n) is 4.13. The van der Waals surface area contributed by atoms with Crippen LogP contribution < -0.4 is 0 Å². The van der Waals surface area contributed by atoms with Gasteiger partial charge < -0.3 is 0 Å². The first-order chi connectivity index (χ1) is 8.57. The minimum Gasteiger partial charge on any atom is -0.244 e. The van der Waals surface area contributed by atoms with Crippen molar-refractivity contribution < 1.29 is 8.42 Å². The van der Waals surface area contributed by atoms with Gasteiger partial charge in [-0.3, -0.25) is 0 Å². The molecule has 0 amide bonds. The molecule has 5 nitrogen and oxygen atoms in total. The topological polar surface area (TPSA) is 63.2 Å². The lowest BCUT2D eigenvalue weighted by molar-refractivity contribution is 0.431. The third-order valence-electron chi connectivity index (χ3n) is 2.86. The van der Waals surface area contributed by atoms with Crippen LogP contribution in [0.3, 0.4) is 0 Å². The van der Waals surface area contributed by atoms with Gasteiger partial charge in [0.15, 0.2) is 0 Å². The van der Waals surface area contributed by atoms with Crippen molar-refractivity contribution in [3.8, 4) is 0 Å². The normalized spacial score (nSPS) is 15.8. The lowest BCUT2D eigenvalue weighted by Gasteiger charge is -2.13. The van der Waals surface area contributed by atoms with Crippen molar-refractivity contribution in [1.82, 2.24) is 14.3 Å². The number of fused-ring (bicyclic) bond motifs is 1. The Morgan fingerprint density at radius 3 is 2.83 bits per heavy atom. The summed E-state index contributed by atoms with van der Waals surface area (Å²) in [7, 11) is -3.40. The summed E-state index contributed by atoms with van der Waals surface area (Å²) in [5.74, 6) is 0. The zero-order valence-corrected chi connectivity index (χ0v) is 11.3. The smallest absolute Gasteiger partial charge is 0.244 e. The molecule has 0 saturated heterocycles. The Kier molecular flexibility index (Phi) is 2.69. The maximum atomic E-state index is 12.4. The Balaban J connectivity index is 1.95. The molecule has 0 aromatic carbocycles. The van der Waals surface area contributed by atoms with Crippen molar-refractivity contribution in [2.75, 3.05) is 0 Å². The van der Waals surface area contributed by atoms with Crippen LogP contribution in [0.1, 0.15) is 16.1 Å². The predicted molar refractivity (Wildman–Crippen MR) is 67.5 cm³/mol. The van der Waals surface area contributed by atoms with Gasteiger partial charge in [-0.25, -0.2) is 18.4 Å². The van der Waals surface area contributed by atoms with E-state index in [1.54, 1.807) is 12.3 Å². The summed E-state index contributed by atoms with van der Waals surface area (Å²) in [4.78, 5) is 9.02. The highest BCUT2D eigenvalue weighted by Crippen LogP contribution is 2.30. The van der Waals surface area contributed by atoms with E-state index in [4.69, 9.17) is 0 Å². The molecule has 1 aliphatic rings. The lowest BCUT2D eigenvalue weighted by atomic mass is 10.3. The number of thiophene rings is 1. The molecular formula is C11H11N3O2S2. The summed E-state index contributed by atoms with van der Waals surface area (Å²) in [6.45, 7) is 2.58. The number of aromatic nitrogens is 2. The van der Waals surface area contributed by atoms with Crippen LogP contribution in [0.5, 0.6) is 0 Å². The SMILES string of the molecule is Cc1ccc(S(=O)(=O)N2Cc3cncnc3C2)s1. The molecule has 0 radical (unpaired) electrons. The van der Waals surface area contributed by atoms with E-state index < -0.39 is 10.0 Å². The van der Waals surface area contributed by atoms with E-state index in [0.717, 1.165) is 16.1 Å². The quantitative estimate of drug-likeness (QED) is 0.838. The standard InChI is InChI=1S/C11H11N3O2S2/c1-8-2-3-11(17-8)18(15,16)14-5-9-4-12-7-13-10(9)6-14/h2-4,7H,5-6H2,1H3. The van der Waals surface area contributed by atoms with Crippen LogP contribution in [0.25, 0.3) is 0 Å². The van der Waals surface area contributed by atoms with Crippen LogP contribution in [0.2, 0.25) is 0 Å². The van der Waals surface area contributed by atoms with Gasteiger partial charge >= 0.3 is 0 Å². The molecule has 1 aliphatic heterocycles. The Hall–Kier alpha value is -1.31. The van der Waals surface area contributed by atoms with Crippen molar-refractivity contribution in [2.45, 2.75) is 24.2 Å². The lowest BCUT2D eigenvalue weighted by Crippen LogP contribution is -2.24. The molecule has 2 aromatic rings. The van der Waals surface area contributed by atoms with Crippen LogP contribution in [0, 0.1) is 6.92 Å². The summed E-state index contributed by atoms with van der Waals surface area (Å²) in [5.41, 5.74) is 1.68. The molecular weight excluding hydrogens is 270 g/mol. The molecule has 0 N–H and O–H groups in total. The molecule has 18 heavy (non-hydrogen) atoms. The zero-order valence-electron chi connectivity index (χ0n) is 9.70. The van der Waals surface area contributed by atoms with Gasteiger partial charge in [-0.1, -0.05) is 0 Å². The molecule has 0 fully saturated rings. The van der Waals surface area contributed by atoms with E-state index in [1.807, 2.05) is 13.0 Å². The van der Waals surface area contributed by atoms with Gasteiger partial charge in [-0.15, -0.1) is 11.3 Å². The fraction of sp³-hybridized carbons (Fsp3) is 0.273. The molecule has 0 bridgehead atoms. The summed E-state index contributed by atoms with van der Waals surface area (Å²) < 4.78 is 26.6. The highest BCUT2D eigenvalue weighted by Gasteiger charge is 2.32. The first kappa shape index (κ1) is 11.8. The van der Waals surface area contributed by atoms with Crippen LogP contribution in [0.15, 0.2) is 28.9 Å². The fourth-order valence-electron chi connectivity index (χ4n) is 1.92. The van der Waals surface area contributed by atoms with Crippen LogP contribution >= 0.6 is 11.3 Å². The number of nitrogens with zero attached hydrogens (tertiary/aromatic N) is 3. The third-order valence-corrected chi connectivity index (χ3v) is 6.12. The zero-order chi connectivity index (χ0) is 12.8. The predicted octanol–water partition coefficient (Wildman–Crippen LogP) is 1.55. The van der Waals surface area contributed by atoms with Crippen molar-refractivity contribution in [2.24, 2.45) is 0 Å². The van der Waals surface area contributed by atoms with Crippen molar-refractivity contribution in [1.29, 1.82) is 0 Å². The molecule has 3 rings (SSSR count). The second-order valence-corrected chi connectivity index (χ2v) is 7.59. The Labute approximate surface area is 109 Å². The molecule has 0 atom stereocenters. The van der Waals surface area contributed by atoms with Crippen LogP contribution in [-0.2, 0) is 23.1 Å². The fourth-order valence-corrected chi connectivity index (χ4v) is 4.74. The molecule has 94 valence electrons. The maximum absolute atomic E-state index is 12.4. The summed E-state index contributed by atoms with van der Waals surface area (Å²) in [5, 5.41) is 0. The van der Waals surface area contributed by atoms with Crippen molar-refractivity contribution in [3.63, 3.8) is 0 Å². The maximum Gasteiger partial charge on any atom is 0.253 e. The molecule has 0 spiro atoms. The Morgan fingerprint density at radius 1 is 1.33 bits per heavy atom. The van der Waals surface area contributed by atoms with E-state index in [2.05, 4.69) is 9.97 Å². The Morgan fingerprint density at radius 2 is 2.17 bits per heavy atom. The summed E-state index contributed by atoms with van der Waals surface area (Å²) in [6, 6.07) is 3.48. The minimum atomic E-state index is -3.40. The average molecular weight is 281 g/mol. The number of hydrogen-bond acceptors (Lipinski definition) is 5. The Bertz CT molecular complexity index is 669. The van der Waals surface area contributed by atoms with Gasteiger partial charge in [0.2, 0.25) is 0 Å². The molecule has 0 saturated carbocycles. The molecule has 0 unspecified atom stereocenters. The van der Waals surface area contributed by atoms with Gasteiger partial charge in [0.05, 0.1) is 12.2 Å². The first-order valence-electron chi connectivity index (χ1n) is 5.42. The van der Waals surface area contributed by atoms with Crippen molar-refractivity contribution >= 4 is 21.4 Å². The van der Waals surface area contributed by atoms with E-state index >= 15 is 0 Å². The highest BCUT2D eigenvalue weighted by molar-refractivity contribution is 7.91. The van der Waals surface area contributed by atoms with E-state index in [0.29, 0.717) is 17.3 Å². The number of sulfonamides is 1. The molecule has 2 aromatic heterocycles. The van der Waals surface area contributed by atoms with Gasteiger partial charge in [-0.05, 0) is 19.1 Å². The van der Waals surface area contributed by atoms with Gasteiger partial charge in [-0.2, -0.15) is 4.31 Å². The highest BCUT2D eigenvalue weighted by atomic mass is 32.2. The van der Waals surface area contributed by atoms with Crippen LogP contribution in [0.4, 0.5) is 0 Å². The monoisotopic (exact) mass is 281 g/mol. The largest absolute Gasteiger partial charge is 0.253 e. The van der Waals surface area contributed by atoms with E-state index in [1.165, 1.54) is 22.0 Å². The van der Waals surface area contributed by atoms with E-state index in [-0.39, 0.29) is 0 Å².